The van der Waals surface area contributed by atoms with Crippen LogP contribution >= 0.6 is 0 Å². The van der Waals surface area contributed by atoms with Gasteiger partial charge in [0.25, 0.3) is 0 Å². The van der Waals surface area contributed by atoms with Crippen LogP contribution in [-0.2, 0) is 21.1 Å². The number of imidazole rings is 1. The number of fused-ring (bicyclic) bond motifs is 4. The number of benzene rings is 9. The van der Waals surface area contributed by atoms with E-state index in [0.29, 0.717) is 11.5 Å². The number of ether oxygens (including phenoxy) is 1. The summed E-state index contributed by atoms with van der Waals surface area (Å²) in [6.07, 6.45) is 5.33. The second kappa shape index (κ2) is 17.5. The molecule has 12 aromatic rings. The van der Waals surface area contributed by atoms with E-state index in [2.05, 4.69) is 197 Å². The third-order valence-electron chi connectivity index (χ3n) is 13.6. The minimum absolute atomic E-state index is 0. The van der Waals surface area contributed by atoms with Gasteiger partial charge in [-0.2, -0.15) is 23.8 Å². The number of aryl methyl sites for hydroxylation is 1. The van der Waals surface area contributed by atoms with E-state index in [1.54, 1.807) is 0 Å². The molecule has 0 radical (unpaired) electrons. The van der Waals surface area contributed by atoms with Gasteiger partial charge in [0, 0.05) is 62.4 Å². The summed E-state index contributed by atoms with van der Waals surface area (Å²) in [6, 6.07) is 81.1. The summed E-state index contributed by atoms with van der Waals surface area (Å²) in [4.78, 5) is 9.62. The number of nitrogens with zero attached hydrogens (tertiary/aromatic N) is 4. The van der Waals surface area contributed by atoms with Crippen molar-refractivity contribution in [2.45, 2.75) is 18.8 Å². The fourth-order valence-electron chi connectivity index (χ4n) is 10.6. The summed E-state index contributed by atoms with van der Waals surface area (Å²) >= 11 is 0. The van der Waals surface area contributed by atoms with Crippen molar-refractivity contribution in [3.63, 3.8) is 0 Å². The van der Waals surface area contributed by atoms with E-state index in [1.807, 2.05) is 61.5 Å². The van der Waals surface area contributed by atoms with Gasteiger partial charge in [-0.15, -0.1) is 29.7 Å². The minimum atomic E-state index is 0. The molecule has 3 aliphatic carbocycles. The first kappa shape index (κ1) is 42.3. The van der Waals surface area contributed by atoms with E-state index in [-0.39, 0.29) is 32.9 Å². The number of rotatable bonds is 6. The molecular weight excluding hydrogens is 1020 g/mol. The van der Waals surface area contributed by atoms with Gasteiger partial charge in [-0.25, -0.2) is 4.98 Å². The second-order valence-electron chi connectivity index (χ2n) is 17.5. The first-order valence-electron chi connectivity index (χ1n) is 23.1. The smallest absolute Gasteiger partial charge is 0.135 e. The van der Waals surface area contributed by atoms with Crippen molar-refractivity contribution in [1.29, 1.82) is 0 Å². The monoisotopic (exact) mass is 1060 g/mol. The van der Waals surface area contributed by atoms with E-state index in [1.165, 1.54) is 49.9 Å². The number of hydrogen-bond donors (Lipinski definition) is 0. The summed E-state index contributed by atoms with van der Waals surface area (Å²) in [6.45, 7) is 2.02. The van der Waals surface area contributed by atoms with Crippen molar-refractivity contribution >= 4 is 32.8 Å². The molecule has 0 atom stereocenters. The molecule has 3 aromatic heterocycles. The predicted molar refractivity (Wildman–Crippen MR) is 273 cm³/mol. The van der Waals surface area contributed by atoms with Gasteiger partial charge < -0.3 is 18.9 Å². The predicted octanol–water partition coefficient (Wildman–Crippen LogP) is 15.0. The first-order chi connectivity index (χ1) is 33.7. The molecule has 0 saturated carbocycles. The number of pyridine rings is 1. The van der Waals surface area contributed by atoms with Crippen molar-refractivity contribution in [2.75, 3.05) is 0 Å². The van der Waals surface area contributed by atoms with Crippen molar-refractivity contribution in [1.82, 2.24) is 19.1 Å². The van der Waals surface area contributed by atoms with E-state index in [9.17, 15) is 0 Å². The Hall–Kier alpha value is -8.11. The average Bonchev–Trinajstić information content (AvgIpc) is 3.98. The van der Waals surface area contributed by atoms with Crippen molar-refractivity contribution in [2.24, 2.45) is 0 Å². The summed E-state index contributed by atoms with van der Waals surface area (Å²) in [7, 11) is 0. The zero-order valence-corrected chi connectivity index (χ0v) is 39.7. The second-order valence-corrected chi connectivity index (χ2v) is 17.5. The van der Waals surface area contributed by atoms with Crippen LogP contribution in [0.15, 0.2) is 219 Å². The molecule has 69 heavy (non-hydrogen) atoms. The van der Waals surface area contributed by atoms with Gasteiger partial charge >= 0.3 is 0 Å². The molecule has 3 aliphatic rings. The first-order valence-corrected chi connectivity index (χ1v) is 23.1. The van der Waals surface area contributed by atoms with Gasteiger partial charge in [-0.1, -0.05) is 188 Å². The average molecular weight is 1070 g/mol. The molecule has 0 aliphatic heterocycles. The minimum Gasteiger partial charge on any atom is -0.509 e. The fraction of sp³-hybridized carbons (Fsp3) is 0.0476. The summed E-state index contributed by atoms with van der Waals surface area (Å²) in [5, 5.41) is 2.29. The van der Waals surface area contributed by atoms with E-state index >= 15 is 0 Å². The van der Waals surface area contributed by atoms with Crippen molar-refractivity contribution in [3.05, 3.63) is 276 Å². The molecule has 15 rings (SSSR count). The van der Waals surface area contributed by atoms with Crippen LogP contribution < -0.4 is 4.74 Å². The number of hydrogen-bond acceptors (Lipinski definition) is 3. The largest absolute Gasteiger partial charge is 0.509 e. The summed E-state index contributed by atoms with van der Waals surface area (Å²) in [5.41, 5.74) is 19.1. The van der Waals surface area contributed by atoms with Crippen LogP contribution in [0.2, 0.25) is 0 Å². The van der Waals surface area contributed by atoms with Gasteiger partial charge in [0.15, 0.2) is 0 Å². The van der Waals surface area contributed by atoms with Crippen molar-refractivity contribution < 1.29 is 25.8 Å². The van der Waals surface area contributed by atoms with Gasteiger partial charge in [0.2, 0.25) is 0 Å². The molecule has 0 saturated heterocycles. The van der Waals surface area contributed by atoms with Crippen LogP contribution in [0.4, 0.5) is 0 Å². The van der Waals surface area contributed by atoms with Crippen LogP contribution in [0.3, 0.4) is 0 Å². The van der Waals surface area contributed by atoms with E-state index < -0.39 is 0 Å². The third kappa shape index (κ3) is 7.21. The Bertz CT molecular complexity index is 3770. The quantitative estimate of drug-likeness (QED) is 0.156. The Labute approximate surface area is 415 Å². The maximum absolute atomic E-state index is 6.22. The standard InChI is InChI=1S/C38H24N2O.C25H17N2.Pt/c1-23-9-8-10-24(19-23)41-25-17-18-27-26-11-6-7-16-34(26)40(35(27)20-25)36-21-32-33(22-39-36)38-30-14-4-2-12-28(30)37(32)29-13-3-5-15-31(29)38;1-3-10-19(11-4-1)21-14-9-15-22(20-12-5-2-6-13-20)25(21)27-18-26-23-16-7-8-17-24(23)27;/h2-18,21-22,37-38H,1H3;1-17H;/q-2;-1;. The Kier molecular flexibility index (Phi) is 10.7. The molecule has 0 unspecified atom stereocenters. The topological polar surface area (TPSA) is 44.9 Å². The summed E-state index contributed by atoms with van der Waals surface area (Å²) in [5.74, 6) is 2.64. The van der Waals surface area contributed by atoms with E-state index in [0.717, 1.165) is 55.6 Å². The summed E-state index contributed by atoms with van der Waals surface area (Å²) < 4.78 is 10.5. The van der Waals surface area contributed by atoms with Crippen LogP contribution in [0.25, 0.3) is 66.6 Å². The van der Waals surface area contributed by atoms with Crippen LogP contribution in [0.5, 0.6) is 11.5 Å². The number of aromatic nitrogens is 4. The van der Waals surface area contributed by atoms with Gasteiger partial charge in [0.1, 0.15) is 5.82 Å². The zero-order valence-electron chi connectivity index (χ0n) is 37.5. The van der Waals surface area contributed by atoms with Gasteiger partial charge in [-0.05, 0) is 84.4 Å². The molecule has 0 spiro atoms. The molecule has 2 bridgehead atoms. The van der Waals surface area contributed by atoms with Crippen LogP contribution in [0.1, 0.15) is 50.8 Å². The molecule has 6 heteroatoms. The van der Waals surface area contributed by atoms with Crippen LogP contribution in [-0.4, -0.2) is 19.1 Å². The Morgan fingerprint density at radius 1 is 0.478 bits per heavy atom. The fourth-order valence-corrected chi connectivity index (χ4v) is 10.6. The molecule has 0 N–H and O–H groups in total. The van der Waals surface area contributed by atoms with Gasteiger partial charge in [-0.3, -0.25) is 0 Å². The Morgan fingerprint density at radius 2 is 1.04 bits per heavy atom. The zero-order chi connectivity index (χ0) is 45.1. The molecular formula is C63H41N4OPt-3. The molecule has 3 heterocycles. The number of para-hydroxylation sites is 4. The van der Waals surface area contributed by atoms with Crippen LogP contribution in [0, 0.1) is 25.4 Å². The molecule has 332 valence electrons. The molecule has 5 nitrogen and oxygen atoms in total. The normalized spacial score (nSPS) is 14.0. The maximum Gasteiger partial charge on any atom is 0.135 e. The molecule has 9 aromatic carbocycles. The van der Waals surface area contributed by atoms with E-state index in [4.69, 9.17) is 9.72 Å². The Balaban J connectivity index is 0.000000153. The maximum atomic E-state index is 6.22. The Morgan fingerprint density at radius 3 is 1.71 bits per heavy atom. The van der Waals surface area contributed by atoms with Crippen molar-refractivity contribution in [3.8, 4) is 45.3 Å². The van der Waals surface area contributed by atoms with Gasteiger partial charge in [0.05, 0.1) is 0 Å². The molecule has 0 amide bonds. The SMILES string of the molecule is Cc1[c-]c(Oc2[c-]c3c(cc2)c2ccccc2n3-c2cc3c(cn2)C2c4ccccc4C3c3ccccc32)ccc1.[Pt].[c-]1nc2ccccc2n1-c1c(-c2ccccc2)cccc1-c1ccccc1. The third-order valence-corrected chi connectivity index (χ3v) is 13.6. The molecule has 0 fully saturated rings.